The third-order valence-corrected chi connectivity index (χ3v) is 5.54. The van der Waals surface area contributed by atoms with Crippen LogP contribution in [-0.2, 0) is 33.5 Å². The fourth-order valence-electron chi connectivity index (χ4n) is 1.39. The molecular formula is C11H17F6N3O4S2. The van der Waals surface area contributed by atoms with Gasteiger partial charge in [-0.1, -0.05) is 13.3 Å². The minimum atomic E-state index is -6.72. The SMILES string of the molecule is CCCCc1c[n+](C)c(C)[nH]1.O=S(=O)([N-]S(=O)(=O)C(F)(F)F)C(F)(F)F. The van der Waals surface area contributed by atoms with E-state index in [2.05, 4.69) is 36.6 Å². The Balaban J connectivity index is 0.000000502. The van der Waals surface area contributed by atoms with E-state index in [1.54, 1.807) is 0 Å². The summed E-state index contributed by atoms with van der Waals surface area (Å²) in [6.07, 6.45) is 5.89. The summed E-state index contributed by atoms with van der Waals surface area (Å²) in [5.74, 6) is 1.23. The quantitative estimate of drug-likeness (QED) is 0.570. The molecule has 1 N–H and O–H groups in total. The Morgan fingerprint density at radius 3 is 1.73 bits per heavy atom. The number of alkyl halides is 6. The maximum atomic E-state index is 11.4. The van der Waals surface area contributed by atoms with E-state index < -0.39 is 31.1 Å². The number of hydrogen-bond donors (Lipinski definition) is 1. The molecular weight excluding hydrogens is 416 g/mol. The number of aromatic amines is 1. The molecule has 154 valence electrons. The Kier molecular flexibility index (Phi) is 8.11. The van der Waals surface area contributed by atoms with Crippen molar-refractivity contribution in [2.75, 3.05) is 0 Å². The second kappa shape index (κ2) is 8.56. The van der Waals surface area contributed by atoms with E-state index in [4.69, 9.17) is 0 Å². The normalized spacial score (nSPS) is 13.3. The molecule has 0 aliphatic rings. The third kappa shape index (κ3) is 7.11. The highest BCUT2D eigenvalue weighted by atomic mass is 32.3. The number of halogens is 6. The van der Waals surface area contributed by atoms with Gasteiger partial charge in [0.2, 0.25) is 0 Å². The highest BCUT2D eigenvalue weighted by Crippen LogP contribution is 2.36. The van der Waals surface area contributed by atoms with Gasteiger partial charge in [0, 0.05) is 13.3 Å². The zero-order chi connectivity index (χ0) is 21.0. The van der Waals surface area contributed by atoms with E-state index in [9.17, 15) is 43.2 Å². The summed E-state index contributed by atoms with van der Waals surface area (Å²) in [6, 6.07) is 0. The van der Waals surface area contributed by atoms with Gasteiger partial charge in [0.1, 0.15) is 11.9 Å². The molecule has 26 heavy (non-hydrogen) atoms. The van der Waals surface area contributed by atoms with Crippen LogP contribution in [0.15, 0.2) is 6.20 Å². The van der Waals surface area contributed by atoms with Gasteiger partial charge in [-0.15, -0.1) is 0 Å². The van der Waals surface area contributed by atoms with Crippen molar-refractivity contribution >= 4 is 20.0 Å². The molecule has 0 saturated heterocycles. The van der Waals surface area contributed by atoms with Gasteiger partial charge in [-0.2, -0.15) is 26.3 Å². The van der Waals surface area contributed by atoms with Gasteiger partial charge in [-0.3, -0.25) is 0 Å². The lowest BCUT2D eigenvalue weighted by Gasteiger charge is -2.22. The number of unbranched alkanes of at least 4 members (excludes halogenated alkanes) is 1. The standard InChI is InChI=1S/C9H16N2.C2F6NO4S2/c1-4-5-6-9-7-11(3)8(2)10-9;3-1(4,5)14(10,11)9-15(12,13)2(6,7)8/h7H,4-6H2,1-3H3;/q;-1/p+1. The number of imidazole rings is 1. The number of aryl methyl sites for hydroxylation is 3. The van der Waals surface area contributed by atoms with Gasteiger partial charge in [-0.25, -0.2) is 26.4 Å². The average molecular weight is 433 g/mol. The first kappa shape index (κ1) is 24.7. The predicted molar refractivity (Wildman–Crippen MR) is 78.6 cm³/mol. The Morgan fingerprint density at radius 1 is 1.04 bits per heavy atom. The summed E-state index contributed by atoms with van der Waals surface area (Å²) in [5, 5.41) is 0. The van der Waals surface area contributed by atoms with Gasteiger partial charge >= 0.3 is 11.0 Å². The molecule has 1 aromatic rings. The number of sulfonamides is 2. The van der Waals surface area contributed by atoms with Crippen LogP contribution in [0.3, 0.4) is 0 Å². The molecule has 0 aliphatic heterocycles. The molecule has 0 aromatic carbocycles. The van der Waals surface area contributed by atoms with E-state index in [0.717, 1.165) is 4.13 Å². The maximum absolute atomic E-state index is 11.4. The minimum absolute atomic E-state index is 0.778. The van der Waals surface area contributed by atoms with Crippen molar-refractivity contribution in [3.05, 3.63) is 21.8 Å². The summed E-state index contributed by atoms with van der Waals surface area (Å²) in [4.78, 5) is 3.34. The zero-order valence-corrected chi connectivity index (χ0v) is 15.4. The van der Waals surface area contributed by atoms with Crippen LogP contribution in [0, 0.1) is 6.92 Å². The second-order valence-electron chi connectivity index (χ2n) is 5.00. The summed E-state index contributed by atoms with van der Waals surface area (Å²) in [7, 11) is -11.4. The van der Waals surface area contributed by atoms with Crippen LogP contribution in [0.4, 0.5) is 26.3 Å². The van der Waals surface area contributed by atoms with E-state index in [1.807, 2.05) is 0 Å². The van der Waals surface area contributed by atoms with E-state index >= 15 is 0 Å². The Morgan fingerprint density at radius 2 is 1.46 bits per heavy atom. The van der Waals surface area contributed by atoms with Gasteiger partial charge in [0.25, 0.3) is 5.82 Å². The number of nitrogens with one attached hydrogen (secondary N) is 1. The summed E-state index contributed by atoms with van der Waals surface area (Å²) in [5.41, 5.74) is -11.1. The molecule has 0 saturated carbocycles. The Hall–Kier alpha value is -1.35. The van der Waals surface area contributed by atoms with Crippen molar-refractivity contribution < 1.29 is 47.7 Å². The molecule has 1 rings (SSSR count). The molecule has 0 unspecified atom stereocenters. The fourth-order valence-corrected chi connectivity index (χ4v) is 3.10. The maximum Gasteiger partial charge on any atom is 0.480 e. The van der Waals surface area contributed by atoms with Gasteiger partial charge in [0.15, 0.2) is 20.0 Å². The number of hydrogen-bond acceptors (Lipinski definition) is 4. The van der Waals surface area contributed by atoms with Crippen LogP contribution in [0.2, 0.25) is 0 Å². The fraction of sp³-hybridized carbons (Fsp3) is 0.727. The van der Waals surface area contributed by atoms with Crippen molar-refractivity contribution in [1.82, 2.24) is 4.98 Å². The molecule has 1 heterocycles. The highest BCUT2D eigenvalue weighted by Gasteiger charge is 2.46. The lowest BCUT2D eigenvalue weighted by atomic mass is 10.2. The molecule has 0 atom stereocenters. The molecule has 7 nitrogen and oxygen atoms in total. The van der Waals surface area contributed by atoms with E-state index in [1.165, 1.54) is 30.8 Å². The topological polar surface area (TPSA) is 102 Å². The lowest BCUT2D eigenvalue weighted by molar-refractivity contribution is -0.676. The van der Waals surface area contributed by atoms with Crippen molar-refractivity contribution in [2.24, 2.45) is 7.05 Å². The average Bonchev–Trinajstić information content (AvgIpc) is 2.72. The minimum Gasteiger partial charge on any atom is -0.421 e. The van der Waals surface area contributed by atoms with Crippen LogP contribution in [0.1, 0.15) is 31.3 Å². The van der Waals surface area contributed by atoms with Crippen molar-refractivity contribution in [3.63, 3.8) is 0 Å². The number of aromatic nitrogens is 2. The molecule has 0 fully saturated rings. The second-order valence-corrected chi connectivity index (χ2v) is 8.42. The van der Waals surface area contributed by atoms with Gasteiger partial charge < -0.3 is 4.13 Å². The van der Waals surface area contributed by atoms with Gasteiger partial charge in [0.05, 0.1) is 7.05 Å². The smallest absolute Gasteiger partial charge is 0.421 e. The Bertz CT molecular complexity index is 735. The van der Waals surface area contributed by atoms with E-state index in [0.29, 0.717) is 0 Å². The summed E-state index contributed by atoms with van der Waals surface area (Å²) >= 11 is 0. The largest absolute Gasteiger partial charge is 0.480 e. The van der Waals surface area contributed by atoms with Gasteiger partial charge in [-0.05, 0) is 6.42 Å². The van der Waals surface area contributed by atoms with Crippen molar-refractivity contribution in [3.8, 4) is 0 Å². The Labute approximate surface area is 146 Å². The van der Waals surface area contributed by atoms with E-state index in [-0.39, 0.29) is 0 Å². The summed E-state index contributed by atoms with van der Waals surface area (Å²) < 4.78 is 111. The molecule has 0 amide bonds. The predicted octanol–water partition coefficient (Wildman–Crippen LogP) is 2.55. The van der Waals surface area contributed by atoms with Crippen LogP contribution in [-0.4, -0.2) is 32.8 Å². The number of nitrogens with zero attached hydrogens (tertiary/aromatic N) is 2. The molecule has 0 radical (unpaired) electrons. The molecule has 15 heteroatoms. The number of rotatable bonds is 5. The van der Waals surface area contributed by atoms with Crippen molar-refractivity contribution in [2.45, 2.75) is 44.1 Å². The zero-order valence-electron chi connectivity index (χ0n) is 13.8. The summed E-state index contributed by atoms with van der Waals surface area (Å²) in [6.45, 7) is 4.31. The lowest BCUT2D eigenvalue weighted by Crippen LogP contribution is -2.30. The first-order chi connectivity index (χ1) is 11.4. The van der Waals surface area contributed by atoms with Crippen molar-refractivity contribution in [1.29, 1.82) is 0 Å². The number of H-pyrrole nitrogens is 1. The van der Waals surface area contributed by atoms with Crippen LogP contribution in [0.25, 0.3) is 4.13 Å². The first-order valence-electron chi connectivity index (χ1n) is 6.85. The first-order valence-corrected chi connectivity index (χ1v) is 9.73. The molecule has 0 aliphatic carbocycles. The molecule has 0 spiro atoms. The van der Waals surface area contributed by atoms with Crippen LogP contribution < -0.4 is 4.57 Å². The molecule has 1 aromatic heterocycles. The van der Waals surface area contributed by atoms with Crippen LogP contribution in [0.5, 0.6) is 0 Å². The van der Waals surface area contributed by atoms with Crippen LogP contribution >= 0.6 is 0 Å². The highest BCUT2D eigenvalue weighted by molar-refractivity contribution is 8.13. The third-order valence-electron chi connectivity index (χ3n) is 2.80. The monoisotopic (exact) mass is 433 g/mol. The molecule has 0 bridgehead atoms.